The number of carbonyl (C=O) groups is 3. The van der Waals surface area contributed by atoms with Crippen LogP contribution in [0.1, 0.15) is 99.3 Å². The molecule has 37 heavy (non-hydrogen) atoms. The lowest BCUT2D eigenvalue weighted by molar-refractivity contribution is -0.165. The van der Waals surface area contributed by atoms with Crippen molar-refractivity contribution < 1.29 is 28.6 Å². The molecule has 1 aliphatic heterocycles. The van der Waals surface area contributed by atoms with Gasteiger partial charge in [0.05, 0.1) is 12.4 Å². The standard InChI is InChI=1S/C31H46O6/c1-17(16-35-19(3)32)7-10-26-18(2)29-27(37-26)14-25-23-9-8-21-13-22(36-20(4)33)11-12-30(21,5)24(23)15-28(34)31(25,29)6/h17,21-25,27,29H,7-16H2,1-6H3/t17-,21+,22+,23-,24+,25+,27+,29-,30+,31-/m1/s1. The number of ketones is 1. The van der Waals surface area contributed by atoms with Gasteiger partial charge in [-0.05, 0) is 92.4 Å². The first kappa shape index (κ1) is 26.7. The Hall–Kier alpha value is -1.85. The molecular weight excluding hydrogens is 468 g/mol. The summed E-state index contributed by atoms with van der Waals surface area (Å²) >= 11 is 0. The second-order valence-electron chi connectivity index (χ2n) is 13.5. The first-order chi connectivity index (χ1) is 17.4. The molecule has 0 bridgehead atoms. The molecule has 0 radical (unpaired) electrons. The quantitative estimate of drug-likeness (QED) is 0.404. The highest BCUT2D eigenvalue weighted by molar-refractivity contribution is 5.87. The minimum absolute atomic E-state index is 0.0406. The van der Waals surface area contributed by atoms with Gasteiger partial charge in [0, 0.05) is 38.0 Å². The lowest BCUT2D eigenvalue weighted by Crippen LogP contribution is -2.57. The molecule has 0 aromatic rings. The van der Waals surface area contributed by atoms with Gasteiger partial charge in [0.2, 0.25) is 0 Å². The molecular formula is C31H46O6. The molecule has 4 fully saturated rings. The highest BCUT2D eigenvalue weighted by Gasteiger charge is 2.67. The fourth-order valence-corrected chi connectivity index (χ4v) is 9.55. The molecule has 6 heteroatoms. The largest absolute Gasteiger partial charge is 0.494 e. The molecule has 0 unspecified atom stereocenters. The van der Waals surface area contributed by atoms with Crippen LogP contribution in [0.5, 0.6) is 0 Å². The van der Waals surface area contributed by atoms with E-state index in [-0.39, 0.29) is 46.8 Å². The second kappa shape index (κ2) is 9.72. The molecule has 206 valence electrons. The molecule has 4 saturated carbocycles. The van der Waals surface area contributed by atoms with Crippen molar-refractivity contribution >= 4 is 17.7 Å². The summed E-state index contributed by atoms with van der Waals surface area (Å²) in [7, 11) is 0. The first-order valence-corrected chi connectivity index (χ1v) is 14.6. The van der Waals surface area contributed by atoms with Crippen molar-refractivity contribution in [2.24, 2.45) is 46.3 Å². The summed E-state index contributed by atoms with van der Waals surface area (Å²) in [6, 6.07) is 0. The van der Waals surface area contributed by atoms with Gasteiger partial charge in [-0.3, -0.25) is 14.4 Å². The van der Waals surface area contributed by atoms with Crippen LogP contribution in [0.2, 0.25) is 0 Å². The number of rotatable bonds is 6. The van der Waals surface area contributed by atoms with E-state index in [1.54, 1.807) is 0 Å². The van der Waals surface area contributed by atoms with Gasteiger partial charge < -0.3 is 14.2 Å². The molecule has 10 atom stereocenters. The SMILES string of the molecule is CC(=O)OC[C@H](C)CCC1=C(C)[C@@H]2[C@H](C[C@H]3[C@@H]4CC[C@H]5C[C@@H](OC(C)=O)CC[C@]5(C)[C@H]4CC(=O)[C@]23C)O1. The number of Topliss-reactive ketones (excluding diaryl/α,β-unsaturated/α-hetero) is 1. The van der Waals surface area contributed by atoms with Crippen molar-refractivity contribution in [3.63, 3.8) is 0 Å². The van der Waals surface area contributed by atoms with Crippen LogP contribution in [0.3, 0.4) is 0 Å². The van der Waals surface area contributed by atoms with E-state index in [0.29, 0.717) is 42.5 Å². The third kappa shape index (κ3) is 4.44. The van der Waals surface area contributed by atoms with Crippen LogP contribution in [0.4, 0.5) is 0 Å². The summed E-state index contributed by atoms with van der Waals surface area (Å²) in [5, 5.41) is 0. The fourth-order valence-electron chi connectivity index (χ4n) is 9.55. The van der Waals surface area contributed by atoms with Crippen LogP contribution in [-0.2, 0) is 28.6 Å². The normalized spacial score (nSPS) is 43.2. The molecule has 0 spiro atoms. The molecule has 4 aliphatic carbocycles. The van der Waals surface area contributed by atoms with Gasteiger partial charge >= 0.3 is 11.9 Å². The Morgan fingerprint density at radius 2 is 1.84 bits per heavy atom. The Bertz CT molecular complexity index is 984. The van der Waals surface area contributed by atoms with Crippen LogP contribution < -0.4 is 0 Å². The molecule has 6 nitrogen and oxygen atoms in total. The third-order valence-electron chi connectivity index (χ3n) is 11.5. The van der Waals surface area contributed by atoms with E-state index in [9.17, 15) is 14.4 Å². The molecule has 0 N–H and O–H groups in total. The smallest absolute Gasteiger partial charge is 0.302 e. The Morgan fingerprint density at radius 3 is 2.54 bits per heavy atom. The van der Waals surface area contributed by atoms with E-state index in [1.165, 1.54) is 32.3 Å². The average Bonchev–Trinajstić information content (AvgIpc) is 3.31. The minimum atomic E-state index is -0.334. The maximum absolute atomic E-state index is 14.1. The summed E-state index contributed by atoms with van der Waals surface area (Å²) in [4.78, 5) is 36.8. The van der Waals surface area contributed by atoms with Gasteiger partial charge in [0.15, 0.2) is 0 Å². The summed E-state index contributed by atoms with van der Waals surface area (Å²) in [6.45, 7) is 12.4. The Labute approximate surface area is 222 Å². The summed E-state index contributed by atoms with van der Waals surface area (Å²) in [5.41, 5.74) is 1.10. The van der Waals surface area contributed by atoms with Gasteiger partial charge in [-0.1, -0.05) is 20.8 Å². The highest BCUT2D eigenvalue weighted by atomic mass is 16.5. The van der Waals surface area contributed by atoms with Crippen LogP contribution >= 0.6 is 0 Å². The molecule has 1 heterocycles. The van der Waals surface area contributed by atoms with E-state index in [2.05, 4.69) is 27.7 Å². The zero-order chi connectivity index (χ0) is 26.7. The lowest BCUT2D eigenvalue weighted by Gasteiger charge is -2.60. The van der Waals surface area contributed by atoms with Crippen molar-refractivity contribution in [1.82, 2.24) is 0 Å². The second-order valence-corrected chi connectivity index (χ2v) is 13.5. The lowest BCUT2D eigenvalue weighted by atomic mass is 9.44. The number of hydrogen-bond acceptors (Lipinski definition) is 6. The van der Waals surface area contributed by atoms with E-state index < -0.39 is 0 Å². The van der Waals surface area contributed by atoms with Crippen molar-refractivity contribution in [3.8, 4) is 0 Å². The molecule has 5 aliphatic rings. The Morgan fingerprint density at radius 1 is 1.08 bits per heavy atom. The first-order valence-electron chi connectivity index (χ1n) is 14.6. The Kier molecular flexibility index (Phi) is 7.02. The zero-order valence-electron chi connectivity index (χ0n) is 23.6. The van der Waals surface area contributed by atoms with Crippen molar-refractivity contribution in [2.75, 3.05) is 6.61 Å². The molecule has 0 aromatic carbocycles. The monoisotopic (exact) mass is 514 g/mol. The molecule has 0 aromatic heterocycles. The minimum Gasteiger partial charge on any atom is -0.494 e. The summed E-state index contributed by atoms with van der Waals surface area (Å²) < 4.78 is 17.4. The van der Waals surface area contributed by atoms with Gasteiger partial charge in [-0.15, -0.1) is 0 Å². The average molecular weight is 515 g/mol. The molecule has 5 rings (SSSR count). The number of ether oxygens (including phenoxy) is 3. The topological polar surface area (TPSA) is 78.9 Å². The highest BCUT2D eigenvalue weighted by Crippen LogP contribution is 2.68. The maximum Gasteiger partial charge on any atom is 0.302 e. The van der Waals surface area contributed by atoms with E-state index >= 15 is 0 Å². The fraction of sp³-hybridized carbons (Fsp3) is 0.839. The van der Waals surface area contributed by atoms with Crippen LogP contribution in [-0.4, -0.2) is 36.5 Å². The van der Waals surface area contributed by atoms with E-state index in [0.717, 1.165) is 44.3 Å². The number of hydrogen-bond donors (Lipinski definition) is 0. The zero-order valence-corrected chi connectivity index (χ0v) is 23.6. The predicted molar refractivity (Wildman–Crippen MR) is 139 cm³/mol. The van der Waals surface area contributed by atoms with Gasteiger partial charge in [-0.25, -0.2) is 0 Å². The predicted octanol–water partition coefficient (Wildman–Crippen LogP) is 6.02. The molecule has 0 amide bonds. The van der Waals surface area contributed by atoms with Gasteiger partial charge in [0.1, 0.15) is 18.0 Å². The van der Waals surface area contributed by atoms with E-state index in [4.69, 9.17) is 14.2 Å². The van der Waals surface area contributed by atoms with Gasteiger partial charge in [-0.2, -0.15) is 0 Å². The molecule has 0 saturated heterocycles. The van der Waals surface area contributed by atoms with Gasteiger partial charge in [0.25, 0.3) is 0 Å². The Balaban J connectivity index is 1.30. The number of carbonyl (C=O) groups excluding carboxylic acids is 3. The number of allylic oxidation sites excluding steroid dienone is 1. The third-order valence-corrected chi connectivity index (χ3v) is 11.5. The summed E-state index contributed by atoms with van der Waals surface area (Å²) in [5.74, 6) is 3.49. The van der Waals surface area contributed by atoms with Crippen LogP contribution in [0.25, 0.3) is 0 Å². The van der Waals surface area contributed by atoms with Crippen molar-refractivity contribution in [2.45, 2.75) is 112 Å². The van der Waals surface area contributed by atoms with Crippen LogP contribution in [0.15, 0.2) is 11.3 Å². The van der Waals surface area contributed by atoms with Crippen molar-refractivity contribution in [3.05, 3.63) is 11.3 Å². The summed E-state index contributed by atoms with van der Waals surface area (Å²) in [6.07, 6.45) is 8.83. The van der Waals surface area contributed by atoms with Crippen LogP contribution in [0, 0.1) is 46.3 Å². The van der Waals surface area contributed by atoms with E-state index in [1.807, 2.05) is 0 Å². The number of fused-ring (bicyclic) bond motifs is 7. The number of esters is 2. The van der Waals surface area contributed by atoms with Crippen molar-refractivity contribution in [1.29, 1.82) is 0 Å². The maximum atomic E-state index is 14.1.